The van der Waals surface area contributed by atoms with Gasteiger partial charge in [0.2, 0.25) is 5.91 Å². The Morgan fingerprint density at radius 1 is 1.16 bits per heavy atom. The van der Waals surface area contributed by atoms with Gasteiger partial charge in [-0.2, -0.15) is 0 Å². The fourth-order valence-electron chi connectivity index (χ4n) is 4.20. The van der Waals surface area contributed by atoms with E-state index in [0.717, 1.165) is 47.8 Å². The second-order valence-corrected chi connectivity index (χ2v) is 7.82. The number of aromatic amines is 1. The Hall–Kier alpha value is -3.52. The Balaban J connectivity index is 1.17. The molecule has 1 atom stereocenters. The lowest BCUT2D eigenvalue weighted by molar-refractivity contribution is -0.122. The van der Waals surface area contributed by atoms with Gasteiger partial charge in [-0.3, -0.25) is 14.3 Å². The van der Waals surface area contributed by atoms with Gasteiger partial charge in [-0.05, 0) is 43.7 Å². The Labute approximate surface area is 180 Å². The molecule has 0 saturated carbocycles. The molecule has 4 heterocycles. The highest BCUT2D eigenvalue weighted by molar-refractivity contribution is 5.78. The highest BCUT2D eigenvalue weighted by atomic mass is 16.2. The van der Waals surface area contributed by atoms with Gasteiger partial charge < -0.3 is 10.3 Å². The standard InChI is InChI=1S/C23H25N7O/c31-23(25-11-10-21-26-17-5-1-2-6-18(17)27-21)15-29-13-4-8-20(29)19-7-3-9-22(28-19)30-14-12-24-16-30/h1-3,5-7,9,12,14,16,20H,4,8,10-11,13,15H2,(H,25,31)(H,26,27). The number of likely N-dealkylation sites (tertiary alicyclic amines) is 1. The molecule has 2 N–H and O–H groups in total. The molecule has 0 radical (unpaired) electrons. The minimum Gasteiger partial charge on any atom is -0.355 e. The summed E-state index contributed by atoms with van der Waals surface area (Å²) in [7, 11) is 0. The van der Waals surface area contributed by atoms with Crippen LogP contribution in [-0.2, 0) is 11.2 Å². The van der Waals surface area contributed by atoms with E-state index in [2.05, 4.69) is 25.2 Å². The largest absolute Gasteiger partial charge is 0.355 e. The third-order valence-electron chi connectivity index (χ3n) is 5.70. The number of para-hydroxylation sites is 2. The van der Waals surface area contributed by atoms with Gasteiger partial charge in [-0.15, -0.1) is 0 Å². The van der Waals surface area contributed by atoms with Crippen molar-refractivity contribution in [3.05, 3.63) is 72.7 Å². The number of hydrogen-bond acceptors (Lipinski definition) is 5. The number of pyridine rings is 1. The van der Waals surface area contributed by atoms with Crippen molar-refractivity contribution < 1.29 is 4.79 Å². The monoisotopic (exact) mass is 415 g/mol. The van der Waals surface area contributed by atoms with E-state index in [9.17, 15) is 4.79 Å². The van der Waals surface area contributed by atoms with Crippen molar-refractivity contribution in [2.75, 3.05) is 19.6 Å². The molecule has 1 aliphatic heterocycles. The van der Waals surface area contributed by atoms with E-state index in [1.54, 1.807) is 12.5 Å². The smallest absolute Gasteiger partial charge is 0.234 e. The molecule has 4 aromatic rings. The Bertz CT molecular complexity index is 1130. The third-order valence-corrected chi connectivity index (χ3v) is 5.70. The maximum absolute atomic E-state index is 12.6. The number of rotatable bonds is 7. The van der Waals surface area contributed by atoms with Crippen LogP contribution in [0.15, 0.2) is 61.2 Å². The van der Waals surface area contributed by atoms with Crippen molar-refractivity contribution >= 4 is 16.9 Å². The molecule has 1 aromatic carbocycles. The maximum atomic E-state index is 12.6. The number of amides is 1. The highest BCUT2D eigenvalue weighted by Crippen LogP contribution is 2.30. The van der Waals surface area contributed by atoms with Gasteiger partial charge in [-0.1, -0.05) is 18.2 Å². The summed E-state index contributed by atoms with van der Waals surface area (Å²) in [5.74, 6) is 1.77. The van der Waals surface area contributed by atoms with E-state index in [4.69, 9.17) is 4.98 Å². The average molecular weight is 416 g/mol. The van der Waals surface area contributed by atoms with E-state index in [0.29, 0.717) is 19.5 Å². The Kier molecular flexibility index (Phi) is 5.45. The van der Waals surface area contributed by atoms with Gasteiger partial charge in [0.1, 0.15) is 18.0 Å². The van der Waals surface area contributed by atoms with Crippen molar-refractivity contribution in [1.29, 1.82) is 0 Å². The first-order valence-corrected chi connectivity index (χ1v) is 10.7. The molecule has 1 unspecified atom stereocenters. The number of hydrogen-bond donors (Lipinski definition) is 2. The summed E-state index contributed by atoms with van der Waals surface area (Å²) >= 11 is 0. The van der Waals surface area contributed by atoms with Crippen LogP contribution in [0.25, 0.3) is 16.9 Å². The second-order valence-electron chi connectivity index (χ2n) is 7.82. The summed E-state index contributed by atoms with van der Waals surface area (Å²) in [6.45, 7) is 1.84. The van der Waals surface area contributed by atoms with Crippen LogP contribution in [0.5, 0.6) is 0 Å². The first kappa shape index (κ1) is 19.4. The lowest BCUT2D eigenvalue weighted by Gasteiger charge is -2.23. The first-order chi connectivity index (χ1) is 15.3. The summed E-state index contributed by atoms with van der Waals surface area (Å²) in [6, 6.07) is 14.1. The van der Waals surface area contributed by atoms with Crippen LogP contribution in [-0.4, -0.2) is 54.9 Å². The topological polar surface area (TPSA) is 91.7 Å². The molecule has 1 fully saturated rings. The SMILES string of the molecule is O=C(CN1CCCC1c1cccc(-n2ccnc2)n1)NCCc1nc2ccccc2[nH]1. The zero-order valence-electron chi connectivity index (χ0n) is 17.2. The van der Waals surface area contributed by atoms with Crippen LogP contribution < -0.4 is 5.32 Å². The molecule has 8 nitrogen and oxygen atoms in total. The minimum absolute atomic E-state index is 0.0359. The molecule has 0 aliphatic carbocycles. The Morgan fingerprint density at radius 2 is 2.10 bits per heavy atom. The fraction of sp³-hybridized carbons (Fsp3) is 0.304. The molecule has 1 saturated heterocycles. The summed E-state index contributed by atoms with van der Waals surface area (Å²) in [4.78, 5) is 31.6. The van der Waals surface area contributed by atoms with Gasteiger partial charge in [0, 0.05) is 25.4 Å². The summed E-state index contributed by atoms with van der Waals surface area (Å²) in [6.07, 6.45) is 8.12. The highest BCUT2D eigenvalue weighted by Gasteiger charge is 2.28. The summed E-state index contributed by atoms with van der Waals surface area (Å²) in [5, 5.41) is 3.03. The molecule has 3 aromatic heterocycles. The van der Waals surface area contributed by atoms with E-state index < -0.39 is 0 Å². The average Bonchev–Trinajstić information content (AvgIpc) is 3.54. The van der Waals surface area contributed by atoms with Crippen LogP contribution in [0, 0.1) is 0 Å². The van der Waals surface area contributed by atoms with Gasteiger partial charge in [-0.25, -0.2) is 15.0 Å². The van der Waals surface area contributed by atoms with Crippen LogP contribution in [0.3, 0.4) is 0 Å². The number of benzene rings is 1. The maximum Gasteiger partial charge on any atom is 0.234 e. The third kappa shape index (κ3) is 4.34. The predicted molar refractivity (Wildman–Crippen MR) is 118 cm³/mol. The number of aromatic nitrogens is 5. The molecule has 158 valence electrons. The number of nitrogens with one attached hydrogen (secondary N) is 2. The molecular weight excluding hydrogens is 390 g/mol. The van der Waals surface area contributed by atoms with Crippen LogP contribution in [0.2, 0.25) is 0 Å². The van der Waals surface area contributed by atoms with Crippen molar-refractivity contribution in [2.24, 2.45) is 0 Å². The second kappa shape index (κ2) is 8.69. The van der Waals surface area contributed by atoms with Crippen LogP contribution >= 0.6 is 0 Å². The zero-order valence-corrected chi connectivity index (χ0v) is 17.2. The lowest BCUT2D eigenvalue weighted by Crippen LogP contribution is -2.38. The molecule has 1 aliphatic rings. The minimum atomic E-state index is 0.0359. The fourth-order valence-corrected chi connectivity index (χ4v) is 4.20. The van der Waals surface area contributed by atoms with Gasteiger partial charge in [0.15, 0.2) is 0 Å². The van der Waals surface area contributed by atoms with Gasteiger partial charge >= 0.3 is 0 Å². The summed E-state index contributed by atoms with van der Waals surface area (Å²) in [5.41, 5.74) is 2.97. The van der Waals surface area contributed by atoms with E-state index in [-0.39, 0.29) is 11.9 Å². The number of fused-ring (bicyclic) bond motifs is 1. The van der Waals surface area contributed by atoms with E-state index in [1.807, 2.05) is 53.2 Å². The lowest BCUT2D eigenvalue weighted by atomic mass is 10.1. The van der Waals surface area contributed by atoms with Crippen molar-refractivity contribution in [2.45, 2.75) is 25.3 Å². The molecule has 31 heavy (non-hydrogen) atoms. The number of imidazole rings is 2. The predicted octanol–water partition coefficient (Wildman–Crippen LogP) is 2.64. The van der Waals surface area contributed by atoms with E-state index >= 15 is 0 Å². The van der Waals surface area contributed by atoms with Crippen LogP contribution in [0.4, 0.5) is 0 Å². The number of H-pyrrole nitrogens is 1. The molecule has 5 rings (SSSR count). The number of carbonyl (C=O) groups excluding carboxylic acids is 1. The Morgan fingerprint density at radius 3 is 2.97 bits per heavy atom. The number of nitrogens with zero attached hydrogens (tertiary/aromatic N) is 5. The molecular formula is C23H25N7O. The molecule has 8 heteroatoms. The molecule has 0 bridgehead atoms. The first-order valence-electron chi connectivity index (χ1n) is 10.7. The summed E-state index contributed by atoms with van der Waals surface area (Å²) < 4.78 is 1.90. The van der Waals surface area contributed by atoms with Crippen molar-refractivity contribution in [3.63, 3.8) is 0 Å². The normalized spacial score (nSPS) is 16.7. The van der Waals surface area contributed by atoms with E-state index in [1.165, 1.54) is 0 Å². The molecule has 0 spiro atoms. The van der Waals surface area contributed by atoms with Crippen LogP contribution in [0.1, 0.15) is 30.4 Å². The quantitative estimate of drug-likeness (QED) is 0.484. The molecule has 1 amide bonds. The van der Waals surface area contributed by atoms with Crippen molar-refractivity contribution in [1.82, 2.24) is 34.7 Å². The van der Waals surface area contributed by atoms with Crippen molar-refractivity contribution in [3.8, 4) is 5.82 Å². The number of carbonyl (C=O) groups is 1. The van der Waals surface area contributed by atoms with Gasteiger partial charge in [0.25, 0.3) is 0 Å². The van der Waals surface area contributed by atoms with Gasteiger partial charge in [0.05, 0.1) is 29.3 Å². The zero-order chi connectivity index (χ0) is 21.0.